The van der Waals surface area contributed by atoms with Gasteiger partial charge in [0, 0.05) is 22.9 Å². The summed E-state index contributed by atoms with van der Waals surface area (Å²) in [6.07, 6.45) is 0. The van der Waals surface area contributed by atoms with Crippen molar-refractivity contribution in [2.24, 2.45) is 0 Å². The van der Waals surface area contributed by atoms with Gasteiger partial charge in [-0.2, -0.15) is 0 Å². The average Bonchev–Trinajstić information content (AvgIpc) is 3.05. The molecule has 0 bridgehead atoms. The van der Waals surface area contributed by atoms with Crippen LogP contribution in [0.4, 0.5) is 5.69 Å². The zero-order valence-corrected chi connectivity index (χ0v) is 25.4. The summed E-state index contributed by atoms with van der Waals surface area (Å²) in [5, 5.41) is 1.64. The van der Waals surface area contributed by atoms with Crippen LogP contribution in [-0.2, 0) is 13.1 Å². The monoisotopic (exact) mass is 585 g/mol. The Morgan fingerprint density at radius 2 is 0.930 bits per heavy atom. The van der Waals surface area contributed by atoms with Crippen LogP contribution in [0.15, 0.2) is 60.7 Å². The van der Waals surface area contributed by atoms with E-state index in [1.165, 1.54) is 0 Å². The average molecular weight is 586 g/mol. The quantitative estimate of drug-likeness (QED) is 0.172. The number of benzene rings is 3. The smallest absolute Gasteiger partial charge is 0.204 e. The van der Waals surface area contributed by atoms with Crippen LogP contribution in [0.5, 0.6) is 40.2 Å². The van der Waals surface area contributed by atoms with Crippen LogP contribution in [0, 0.1) is 0 Å². The predicted molar refractivity (Wildman–Crippen MR) is 166 cm³/mol. The molecule has 0 spiro atoms. The third kappa shape index (κ3) is 5.55. The molecule has 0 fully saturated rings. The van der Waals surface area contributed by atoms with E-state index in [2.05, 4.69) is 4.90 Å². The number of hydrogen-bond acceptors (Lipinski definition) is 10. The first-order valence-corrected chi connectivity index (χ1v) is 13.5. The molecule has 0 N–H and O–H groups in total. The van der Waals surface area contributed by atoms with Crippen LogP contribution in [-0.4, -0.2) is 59.7 Å². The van der Waals surface area contributed by atoms with E-state index in [4.69, 9.17) is 43.1 Å². The summed E-state index contributed by atoms with van der Waals surface area (Å²) in [7, 11) is 11.2. The van der Waals surface area contributed by atoms with Crippen molar-refractivity contribution in [3.8, 4) is 40.2 Å². The van der Waals surface area contributed by atoms with E-state index in [0.717, 1.165) is 44.6 Å². The van der Waals surface area contributed by atoms with Crippen molar-refractivity contribution < 1.29 is 33.2 Å². The second-order valence-electron chi connectivity index (χ2n) is 9.56. The number of rotatable bonds is 12. The molecule has 0 saturated heterocycles. The Morgan fingerprint density at radius 3 is 1.35 bits per heavy atom. The van der Waals surface area contributed by atoms with E-state index >= 15 is 0 Å². The van der Waals surface area contributed by atoms with Gasteiger partial charge in [0.2, 0.25) is 11.5 Å². The normalized spacial score (nSPS) is 10.9. The topological polar surface area (TPSA) is 93.6 Å². The maximum Gasteiger partial charge on any atom is 0.204 e. The molecule has 10 nitrogen and oxygen atoms in total. The van der Waals surface area contributed by atoms with Crippen molar-refractivity contribution in [1.29, 1.82) is 0 Å². The van der Waals surface area contributed by atoms with Crippen LogP contribution in [0.25, 0.3) is 21.8 Å². The number of fused-ring (bicyclic) bond motifs is 2. The molecular weight excluding hydrogens is 550 g/mol. The molecule has 2 aromatic heterocycles. The standard InChI is InChI=1S/C33H35N3O7/c1-37-27-11-9-8-10-26(27)36(18-20-12-14-22-24(34-20)16-28(38-2)32(42-6)30(22)40-4)19-21-13-15-23-25(35-21)17-29(39-3)33(43-7)31(23)41-5/h8-17H,18-19H2,1-7H3. The van der Waals surface area contributed by atoms with Crippen LogP contribution in [0.2, 0.25) is 0 Å². The molecule has 43 heavy (non-hydrogen) atoms. The largest absolute Gasteiger partial charge is 0.495 e. The number of methoxy groups -OCH3 is 7. The van der Waals surface area contributed by atoms with E-state index in [0.29, 0.717) is 47.6 Å². The van der Waals surface area contributed by atoms with Crippen molar-refractivity contribution >= 4 is 27.5 Å². The number of hydrogen-bond donors (Lipinski definition) is 0. The van der Waals surface area contributed by atoms with E-state index in [-0.39, 0.29) is 0 Å². The van der Waals surface area contributed by atoms with E-state index < -0.39 is 0 Å². The van der Waals surface area contributed by atoms with Gasteiger partial charge in [0.05, 0.1) is 91.0 Å². The summed E-state index contributed by atoms with van der Waals surface area (Å²) >= 11 is 0. The Morgan fingerprint density at radius 1 is 0.488 bits per heavy atom. The highest BCUT2D eigenvalue weighted by atomic mass is 16.5. The van der Waals surface area contributed by atoms with E-state index in [1.54, 1.807) is 49.8 Å². The third-order valence-corrected chi connectivity index (χ3v) is 7.24. The van der Waals surface area contributed by atoms with Gasteiger partial charge in [-0.05, 0) is 36.4 Å². The van der Waals surface area contributed by atoms with E-state index in [9.17, 15) is 0 Å². The Labute approximate surface area is 250 Å². The zero-order chi connectivity index (χ0) is 30.5. The lowest BCUT2D eigenvalue weighted by Crippen LogP contribution is -2.24. The highest BCUT2D eigenvalue weighted by Crippen LogP contribution is 2.44. The van der Waals surface area contributed by atoms with Gasteiger partial charge in [-0.1, -0.05) is 12.1 Å². The molecule has 2 heterocycles. The zero-order valence-electron chi connectivity index (χ0n) is 25.4. The fourth-order valence-corrected chi connectivity index (χ4v) is 5.27. The maximum absolute atomic E-state index is 5.74. The van der Waals surface area contributed by atoms with Gasteiger partial charge in [-0.25, -0.2) is 0 Å². The lowest BCUT2D eigenvalue weighted by molar-refractivity contribution is 0.327. The molecule has 0 radical (unpaired) electrons. The predicted octanol–water partition coefficient (Wildman–Crippen LogP) is 6.05. The van der Waals surface area contributed by atoms with Crippen LogP contribution in [0.3, 0.4) is 0 Å². The molecule has 10 heteroatoms. The van der Waals surface area contributed by atoms with Crippen LogP contribution < -0.4 is 38.1 Å². The molecule has 0 saturated carbocycles. The molecule has 224 valence electrons. The Balaban J connectivity index is 1.58. The van der Waals surface area contributed by atoms with E-state index in [1.807, 2.05) is 60.7 Å². The van der Waals surface area contributed by atoms with Gasteiger partial charge in [0.1, 0.15) is 5.75 Å². The van der Waals surface area contributed by atoms with Crippen molar-refractivity contribution in [2.45, 2.75) is 13.1 Å². The van der Waals surface area contributed by atoms with Gasteiger partial charge in [0.25, 0.3) is 0 Å². The molecule has 0 amide bonds. The lowest BCUT2D eigenvalue weighted by atomic mass is 10.1. The van der Waals surface area contributed by atoms with Gasteiger partial charge >= 0.3 is 0 Å². The Bertz CT molecular complexity index is 1650. The molecule has 3 aromatic carbocycles. The molecule has 0 aliphatic carbocycles. The number of nitrogens with zero attached hydrogens (tertiary/aromatic N) is 3. The first-order valence-electron chi connectivity index (χ1n) is 13.5. The van der Waals surface area contributed by atoms with Gasteiger partial charge in [-0.3, -0.25) is 9.97 Å². The molecule has 5 rings (SSSR count). The van der Waals surface area contributed by atoms with Gasteiger partial charge in [0.15, 0.2) is 23.0 Å². The SMILES string of the molecule is COc1ccccc1N(Cc1ccc2c(OC)c(OC)c(OC)cc2n1)Cc1ccc2c(OC)c(OC)c(OC)cc2n1. The molecule has 0 unspecified atom stereocenters. The van der Waals surface area contributed by atoms with Crippen molar-refractivity contribution in [3.05, 3.63) is 72.1 Å². The second-order valence-corrected chi connectivity index (χ2v) is 9.56. The highest BCUT2D eigenvalue weighted by Gasteiger charge is 2.21. The van der Waals surface area contributed by atoms with Gasteiger partial charge in [-0.15, -0.1) is 0 Å². The van der Waals surface area contributed by atoms with Crippen molar-refractivity contribution in [1.82, 2.24) is 9.97 Å². The minimum absolute atomic E-state index is 0.474. The minimum Gasteiger partial charge on any atom is -0.495 e. The van der Waals surface area contributed by atoms with Crippen LogP contribution in [0.1, 0.15) is 11.4 Å². The number of anilines is 1. The van der Waals surface area contributed by atoms with Crippen molar-refractivity contribution in [3.63, 3.8) is 0 Å². The molecule has 5 aromatic rings. The fraction of sp³-hybridized carbons (Fsp3) is 0.273. The Kier molecular flexibility index (Phi) is 8.75. The molecule has 0 aliphatic rings. The summed E-state index contributed by atoms with van der Waals surface area (Å²) in [5.74, 6) is 4.01. The number of pyridine rings is 2. The lowest BCUT2D eigenvalue weighted by Gasteiger charge is -2.26. The number of ether oxygens (including phenoxy) is 7. The third-order valence-electron chi connectivity index (χ3n) is 7.24. The highest BCUT2D eigenvalue weighted by molar-refractivity contribution is 5.91. The molecule has 0 aliphatic heterocycles. The summed E-state index contributed by atoms with van der Waals surface area (Å²) in [4.78, 5) is 12.1. The molecular formula is C33H35N3O7. The number of para-hydroxylation sites is 2. The first kappa shape index (κ1) is 29.4. The number of aromatic nitrogens is 2. The summed E-state index contributed by atoms with van der Waals surface area (Å²) in [6.45, 7) is 0.948. The summed E-state index contributed by atoms with van der Waals surface area (Å²) < 4.78 is 39.3. The van der Waals surface area contributed by atoms with Crippen LogP contribution >= 0.6 is 0 Å². The second kappa shape index (κ2) is 12.8. The summed E-state index contributed by atoms with van der Waals surface area (Å²) in [5.41, 5.74) is 4.03. The Hall–Kier alpha value is -5.12. The summed E-state index contributed by atoms with van der Waals surface area (Å²) in [6, 6.07) is 19.5. The molecule has 0 atom stereocenters. The fourth-order valence-electron chi connectivity index (χ4n) is 5.27. The van der Waals surface area contributed by atoms with Gasteiger partial charge < -0.3 is 38.1 Å². The minimum atomic E-state index is 0.474. The first-order chi connectivity index (χ1) is 21.0. The maximum atomic E-state index is 5.74. The van der Waals surface area contributed by atoms with Crippen molar-refractivity contribution in [2.75, 3.05) is 54.7 Å².